The molecule has 16 heavy (non-hydrogen) atoms. The third kappa shape index (κ3) is 4.69. The summed E-state index contributed by atoms with van der Waals surface area (Å²) in [5.41, 5.74) is 0. The second-order valence-corrected chi connectivity index (χ2v) is 4.16. The monoisotopic (exact) mass is 226 g/mol. The zero-order valence-corrected chi connectivity index (χ0v) is 10.3. The lowest BCUT2D eigenvalue weighted by molar-refractivity contribution is -0.145. The number of hydrogen-bond donors (Lipinski definition) is 0. The highest BCUT2D eigenvalue weighted by molar-refractivity contribution is 5.83. The fourth-order valence-electron chi connectivity index (χ4n) is 1.90. The van der Waals surface area contributed by atoms with Crippen LogP contribution in [-0.4, -0.2) is 18.7 Å². The smallest absolute Gasteiger partial charge is 0.334 e. The van der Waals surface area contributed by atoms with Gasteiger partial charge in [0.25, 0.3) is 0 Å². The van der Waals surface area contributed by atoms with Crippen LogP contribution in [0, 0.1) is 0 Å². The Kier molecular flexibility index (Phi) is 5.98. The van der Waals surface area contributed by atoms with Gasteiger partial charge in [-0.2, -0.15) is 0 Å². The van der Waals surface area contributed by atoms with E-state index < -0.39 is 0 Å². The number of rotatable bonds is 7. The summed E-state index contributed by atoms with van der Waals surface area (Å²) >= 11 is 0. The third-order valence-electron chi connectivity index (χ3n) is 2.70. The van der Waals surface area contributed by atoms with Crippen molar-refractivity contribution in [1.82, 2.24) is 0 Å². The Labute approximate surface area is 97.8 Å². The minimum atomic E-state index is -0.254. The summed E-state index contributed by atoms with van der Waals surface area (Å²) in [7, 11) is 0. The van der Waals surface area contributed by atoms with Crippen molar-refractivity contribution in [3.05, 3.63) is 11.8 Å². The van der Waals surface area contributed by atoms with Gasteiger partial charge < -0.3 is 9.47 Å². The van der Waals surface area contributed by atoms with E-state index in [1.807, 2.05) is 6.92 Å². The molecule has 0 bridgehead atoms. The number of hydrogen-bond acceptors (Lipinski definition) is 3. The van der Waals surface area contributed by atoms with Gasteiger partial charge in [-0.15, -0.1) is 0 Å². The quantitative estimate of drug-likeness (QED) is 0.494. The molecule has 1 heterocycles. The van der Waals surface area contributed by atoms with Crippen molar-refractivity contribution in [2.45, 2.75) is 58.5 Å². The third-order valence-corrected chi connectivity index (χ3v) is 2.70. The molecule has 1 aliphatic heterocycles. The maximum atomic E-state index is 11.3. The van der Waals surface area contributed by atoms with Gasteiger partial charge in [0.2, 0.25) is 0 Å². The van der Waals surface area contributed by atoms with E-state index >= 15 is 0 Å². The Morgan fingerprint density at radius 3 is 2.88 bits per heavy atom. The molecule has 0 N–H and O–H groups in total. The lowest BCUT2D eigenvalue weighted by Crippen LogP contribution is -2.23. The molecule has 0 saturated carbocycles. The van der Waals surface area contributed by atoms with E-state index in [0.717, 1.165) is 25.0 Å². The lowest BCUT2D eigenvalue weighted by atomic mass is 10.0. The van der Waals surface area contributed by atoms with E-state index in [0.29, 0.717) is 6.61 Å². The Morgan fingerprint density at radius 1 is 1.38 bits per heavy atom. The molecule has 92 valence electrons. The zero-order chi connectivity index (χ0) is 11.8. The summed E-state index contributed by atoms with van der Waals surface area (Å²) < 4.78 is 10.6. The van der Waals surface area contributed by atoms with Crippen LogP contribution in [-0.2, 0) is 14.3 Å². The maximum Gasteiger partial charge on any atom is 0.334 e. The van der Waals surface area contributed by atoms with Crippen LogP contribution in [0.1, 0.15) is 52.4 Å². The molecule has 0 radical (unpaired) electrons. The number of ether oxygens (including phenoxy) is 2. The lowest BCUT2D eigenvalue weighted by Gasteiger charge is -2.22. The second-order valence-electron chi connectivity index (χ2n) is 4.16. The summed E-state index contributed by atoms with van der Waals surface area (Å²) in [5, 5.41) is 0. The maximum absolute atomic E-state index is 11.3. The van der Waals surface area contributed by atoms with Crippen LogP contribution < -0.4 is 0 Å². The van der Waals surface area contributed by atoms with Gasteiger partial charge in [0.15, 0.2) is 0 Å². The highest BCUT2D eigenvalue weighted by atomic mass is 16.6. The molecular formula is C13H22O3. The van der Waals surface area contributed by atoms with Crippen molar-refractivity contribution in [1.29, 1.82) is 0 Å². The fourth-order valence-corrected chi connectivity index (χ4v) is 1.90. The van der Waals surface area contributed by atoms with Crippen LogP contribution in [0.25, 0.3) is 0 Å². The minimum Gasteiger partial charge on any atom is -0.498 e. The van der Waals surface area contributed by atoms with Gasteiger partial charge in [0.05, 0.1) is 12.7 Å². The Bertz CT molecular complexity index is 246. The molecule has 0 saturated heterocycles. The molecule has 1 unspecified atom stereocenters. The highest BCUT2D eigenvalue weighted by Crippen LogP contribution is 2.21. The molecule has 0 aromatic heterocycles. The number of carbonyl (C=O) groups excluding carboxylic acids is 1. The summed E-state index contributed by atoms with van der Waals surface area (Å²) in [4.78, 5) is 11.3. The van der Waals surface area contributed by atoms with Gasteiger partial charge in [-0.05, 0) is 19.8 Å². The van der Waals surface area contributed by atoms with E-state index in [-0.39, 0.29) is 12.1 Å². The molecule has 1 rings (SSSR count). The van der Waals surface area contributed by atoms with Crippen molar-refractivity contribution in [2.75, 3.05) is 6.61 Å². The van der Waals surface area contributed by atoms with E-state index in [4.69, 9.17) is 9.47 Å². The van der Waals surface area contributed by atoms with E-state index in [9.17, 15) is 4.79 Å². The van der Waals surface area contributed by atoms with Gasteiger partial charge >= 0.3 is 5.97 Å². The van der Waals surface area contributed by atoms with E-state index in [2.05, 4.69) is 6.92 Å². The highest BCUT2D eigenvalue weighted by Gasteiger charge is 2.21. The first-order valence-corrected chi connectivity index (χ1v) is 6.30. The number of carbonyl (C=O) groups is 1. The van der Waals surface area contributed by atoms with Gasteiger partial charge in [-0.3, -0.25) is 0 Å². The van der Waals surface area contributed by atoms with E-state index in [1.165, 1.54) is 25.3 Å². The molecule has 3 heteroatoms. The van der Waals surface area contributed by atoms with Crippen molar-refractivity contribution < 1.29 is 14.3 Å². The Balaban J connectivity index is 2.28. The fraction of sp³-hybridized carbons (Fsp3) is 0.769. The first-order valence-electron chi connectivity index (χ1n) is 6.30. The van der Waals surface area contributed by atoms with Gasteiger partial charge in [0, 0.05) is 6.42 Å². The normalized spacial score (nSPS) is 20.2. The molecule has 0 aliphatic carbocycles. The average molecular weight is 226 g/mol. The molecule has 0 aromatic rings. The summed E-state index contributed by atoms with van der Waals surface area (Å²) in [5.74, 6) is 0.523. The number of cyclic esters (lactones) is 1. The summed E-state index contributed by atoms with van der Waals surface area (Å²) in [6.45, 7) is 4.73. The van der Waals surface area contributed by atoms with Crippen molar-refractivity contribution >= 4 is 5.97 Å². The molecule has 0 fully saturated rings. The largest absolute Gasteiger partial charge is 0.498 e. The first kappa shape index (κ1) is 13.1. The molecule has 3 nitrogen and oxygen atoms in total. The molecule has 1 atom stereocenters. The van der Waals surface area contributed by atoms with Crippen LogP contribution in [0.2, 0.25) is 0 Å². The summed E-state index contributed by atoms with van der Waals surface area (Å²) in [6.07, 6.45) is 8.02. The number of esters is 1. The second kappa shape index (κ2) is 7.31. The molecule has 1 aliphatic rings. The van der Waals surface area contributed by atoms with Crippen molar-refractivity contribution in [3.63, 3.8) is 0 Å². The van der Waals surface area contributed by atoms with Crippen LogP contribution in [0.5, 0.6) is 0 Å². The average Bonchev–Trinajstić information content (AvgIpc) is 2.24. The van der Waals surface area contributed by atoms with Crippen LogP contribution in [0.3, 0.4) is 0 Å². The predicted molar refractivity (Wildman–Crippen MR) is 63.0 cm³/mol. The number of unbranched alkanes of at least 4 members (excludes halogenated alkanes) is 3. The molecule has 0 aromatic carbocycles. The van der Waals surface area contributed by atoms with E-state index in [1.54, 1.807) is 0 Å². The SMILES string of the molecule is CCCCCCC1CC(OCC)=CC(=O)O1. The summed E-state index contributed by atoms with van der Waals surface area (Å²) in [6, 6.07) is 0. The minimum absolute atomic E-state index is 0.0240. The van der Waals surface area contributed by atoms with Gasteiger partial charge in [-0.1, -0.05) is 26.2 Å². The zero-order valence-electron chi connectivity index (χ0n) is 10.3. The first-order chi connectivity index (χ1) is 7.76. The predicted octanol–water partition coefficient (Wildman–Crippen LogP) is 3.19. The topological polar surface area (TPSA) is 35.5 Å². The molecule has 0 amide bonds. The van der Waals surface area contributed by atoms with Gasteiger partial charge in [0.1, 0.15) is 11.9 Å². The molecular weight excluding hydrogens is 204 g/mol. The molecule has 0 spiro atoms. The van der Waals surface area contributed by atoms with Gasteiger partial charge in [-0.25, -0.2) is 4.79 Å². The van der Waals surface area contributed by atoms with Crippen molar-refractivity contribution in [2.24, 2.45) is 0 Å². The standard InChI is InChI=1S/C13H22O3/c1-3-5-6-7-8-11-9-12(15-4-2)10-13(14)16-11/h10-11H,3-9H2,1-2H3. The van der Waals surface area contributed by atoms with Crippen LogP contribution in [0.4, 0.5) is 0 Å². The van der Waals surface area contributed by atoms with Crippen molar-refractivity contribution in [3.8, 4) is 0 Å². The van der Waals surface area contributed by atoms with Crippen LogP contribution in [0.15, 0.2) is 11.8 Å². The Morgan fingerprint density at radius 2 is 2.19 bits per heavy atom. The Hall–Kier alpha value is -0.990. The van der Waals surface area contributed by atoms with Crippen LogP contribution >= 0.6 is 0 Å².